The van der Waals surface area contributed by atoms with E-state index in [1.165, 1.54) is 24.3 Å². The molecule has 0 saturated heterocycles. The molecule has 2 aromatic rings. The molecule has 1 heterocycles. The molecule has 0 amide bonds. The van der Waals surface area contributed by atoms with Crippen LogP contribution in [0.25, 0.3) is 0 Å². The molecule has 0 fully saturated rings. The Morgan fingerprint density at radius 2 is 1.41 bits per heavy atom. The molecule has 0 bridgehead atoms. The molecule has 118 valence electrons. The van der Waals surface area contributed by atoms with E-state index in [0.29, 0.717) is 0 Å². The highest BCUT2D eigenvalue weighted by Gasteiger charge is 2.20. The van der Waals surface area contributed by atoms with Gasteiger partial charge in [-0.15, -0.1) is 9.66 Å². The summed E-state index contributed by atoms with van der Waals surface area (Å²) in [7, 11) is -8.23. The van der Waals surface area contributed by atoms with Crippen LogP contribution < -0.4 is 9.66 Å². The minimum absolute atomic E-state index is 0.0644. The quantitative estimate of drug-likeness (QED) is 0.603. The van der Waals surface area contributed by atoms with Crippen LogP contribution in [0, 0.1) is 0 Å². The minimum atomic E-state index is -4.19. The van der Waals surface area contributed by atoms with Crippen LogP contribution in [0.5, 0.6) is 0 Å². The number of rotatable bonds is 5. The molecule has 0 saturated carbocycles. The number of halogens is 2. The lowest BCUT2D eigenvalue weighted by Gasteiger charge is -2.09. The van der Waals surface area contributed by atoms with Gasteiger partial charge in [-0.3, -0.25) is 0 Å². The van der Waals surface area contributed by atoms with Gasteiger partial charge in [0.2, 0.25) is 0 Å². The predicted molar refractivity (Wildman–Crippen MR) is 81.3 cm³/mol. The van der Waals surface area contributed by atoms with E-state index < -0.39 is 20.0 Å². The largest absolute Gasteiger partial charge is 0.255 e. The van der Waals surface area contributed by atoms with Crippen molar-refractivity contribution in [1.82, 2.24) is 14.6 Å². The fraction of sp³-hybridized carbons (Fsp3) is 0. The SMILES string of the molecule is O=S(=O)(NNS(=O)(=O)c1cnc(Cl)c(Cl)c1)c1ccccc1. The van der Waals surface area contributed by atoms with Gasteiger partial charge in [-0.1, -0.05) is 41.4 Å². The van der Waals surface area contributed by atoms with Crippen LogP contribution in [0.4, 0.5) is 0 Å². The van der Waals surface area contributed by atoms with Crippen LogP contribution in [0.15, 0.2) is 52.4 Å². The zero-order chi connectivity index (χ0) is 16.4. The molecule has 0 unspecified atom stereocenters. The predicted octanol–water partition coefficient (Wildman–Crippen LogP) is 1.56. The zero-order valence-corrected chi connectivity index (χ0v) is 13.8. The average molecular weight is 382 g/mol. The molecule has 0 aliphatic heterocycles. The number of hydrogen-bond acceptors (Lipinski definition) is 5. The molecule has 2 N–H and O–H groups in total. The maximum atomic E-state index is 12.0. The Labute approximate surface area is 137 Å². The van der Waals surface area contributed by atoms with Crippen LogP contribution >= 0.6 is 23.2 Å². The second kappa shape index (κ2) is 6.49. The Morgan fingerprint density at radius 3 is 1.95 bits per heavy atom. The lowest BCUT2D eigenvalue weighted by Crippen LogP contribution is -2.41. The van der Waals surface area contributed by atoms with Crippen molar-refractivity contribution < 1.29 is 16.8 Å². The van der Waals surface area contributed by atoms with Gasteiger partial charge < -0.3 is 0 Å². The summed E-state index contributed by atoms with van der Waals surface area (Å²) in [5, 5.41) is -0.138. The van der Waals surface area contributed by atoms with Crippen LogP contribution in [-0.2, 0) is 20.0 Å². The van der Waals surface area contributed by atoms with Gasteiger partial charge in [0.15, 0.2) is 0 Å². The maximum absolute atomic E-state index is 12.0. The molecule has 0 radical (unpaired) electrons. The van der Waals surface area contributed by atoms with E-state index in [0.717, 1.165) is 12.3 Å². The third-order valence-electron chi connectivity index (χ3n) is 2.45. The standard InChI is InChI=1S/C11H9Cl2N3O4S2/c12-10-6-9(7-14-11(10)13)22(19,20)16-15-21(17,18)8-4-2-1-3-5-8/h1-7,15-16H. The van der Waals surface area contributed by atoms with Crippen molar-refractivity contribution in [3.05, 3.63) is 52.8 Å². The minimum Gasteiger partial charge on any atom is -0.242 e. The molecule has 0 atom stereocenters. The fourth-order valence-electron chi connectivity index (χ4n) is 1.38. The van der Waals surface area contributed by atoms with E-state index in [4.69, 9.17) is 23.2 Å². The van der Waals surface area contributed by atoms with Crippen molar-refractivity contribution in [2.45, 2.75) is 9.79 Å². The van der Waals surface area contributed by atoms with Gasteiger partial charge in [-0.25, -0.2) is 21.8 Å². The van der Waals surface area contributed by atoms with Crippen LogP contribution in [0.1, 0.15) is 0 Å². The molecule has 1 aromatic heterocycles. The molecule has 1 aromatic carbocycles. The third kappa shape index (κ3) is 3.94. The second-order valence-corrected chi connectivity index (χ2v) is 8.10. The molecule has 2 rings (SSSR count). The van der Waals surface area contributed by atoms with Gasteiger partial charge in [-0.2, -0.15) is 0 Å². The Kier molecular flexibility index (Phi) is 5.05. The third-order valence-corrected chi connectivity index (χ3v) is 5.74. The van der Waals surface area contributed by atoms with Crippen molar-refractivity contribution in [2.75, 3.05) is 0 Å². The van der Waals surface area contributed by atoms with E-state index in [1.807, 2.05) is 0 Å². The highest BCUT2D eigenvalue weighted by molar-refractivity contribution is 7.92. The topological polar surface area (TPSA) is 105 Å². The zero-order valence-electron chi connectivity index (χ0n) is 10.7. The summed E-state index contributed by atoms with van der Waals surface area (Å²) in [5.41, 5.74) is 0. The summed E-state index contributed by atoms with van der Waals surface area (Å²) in [4.78, 5) is 6.69. The molecule has 11 heteroatoms. The Bertz CT molecular complexity index is 887. The van der Waals surface area contributed by atoms with Gasteiger partial charge >= 0.3 is 0 Å². The van der Waals surface area contributed by atoms with E-state index in [9.17, 15) is 16.8 Å². The highest BCUT2D eigenvalue weighted by Crippen LogP contribution is 2.21. The number of benzene rings is 1. The Hall–Kier alpha value is -1.23. The summed E-state index contributed by atoms with van der Waals surface area (Å²) in [6.07, 6.45) is 0.952. The normalized spacial score (nSPS) is 12.3. The summed E-state index contributed by atoms with van der Waals surface area (Å²) in [6.45, 7) is 0. The number of nitrogens with zero attached hydrogens (tertiary/aromatic N) is 1. The molecule has 7 nitrogen and oxygen atoms in total. The number of aromatic nitrogens is 1. The molecule has 0 aliphatic carbocycles. The first-order valence-electron chi connectivity index (χ1n) is 5.62. The lowest BCUT2D eigenvalue weighted by atomic mass is 10.4. The van der Waals surface area contributed by atoms with E-state index in [-0.39, 0.29) is 20.0 Å². The van der Waals surface area contributed by atoms with Crippen molar-refractivity contribution >= 4 is 43.2 Å². The Balaban J connectivity index is 2.21. The van der Waals surface area contributed by atoms with E-state index in [2.05, 4.69) is 4.98 Å². The first-order valence-corrected chi connectivity index (χ1v) is 9.34. The summed E-state index contributed by atoms with van der Waals surface area (Å²) < 4.78 is 47.8. The number of pyridine rings is 1. The maximum Gasteiger partial charge on any atom is 0.255 e. The second-order valence-electron chi connectivity index (χ2n) is 3.97. The number of nitrogens with one attached hydrogen (secondary N) is 2. The molecule has 0 aliphatic rings. The monoisotopic (exact) mass is 381 g/mol. The average Bonchev–Trinajstić information content (AvgIpc) is 2.49. The molecule has 22 heavy (non-hydrogen) atoms. The summed E-state index contributed by atoms with van der Waals surface area (Å²) >= 11 is 11.3. The van der Waals surface area contributed by atoms with Gasteiger partial charge in [0.1, 0.15) is 10.0 Å². The smallest absolute Gasteiger partial charge is 0.242 e. The van der Waals surface area contributed by atoms with Crippen LogP contribution in [-0.4, -0.2) is 21.8 Å². The fourth-order valence-corrected chi connectivity index (χ4v) is 3.81. The summed E-state index contributed by atoms with van der Waals surface area (Å²) in [5.74, 6) is 0. The van der Waals surface area contributed by atoms with Crippen molar-refractivity contribution in [1.29, 1.82) is 0 Å². The van der Waals surface area contributed by atoms with Gasteiger partial charge in [0, 0.05) is 6.20 Å². The van der Waals surface area contributed by atoms with Gasteiger partial charge in [-0.05, 0) is 18.2 Å². The van der Waals surface area contributed by atoms with E-state index >= 15 is 0 Å². The highest BCUT2D eigenvalue weighted by atomic mass is 35.5. The Morgan fingerprint density at radius 1 is 0.864 bits per heavy atom. The number of sulfonamides is 2. The van der Waals surface area contributed by atoms with Crippen LogP contribution in [0.2, 0.25) is 10.2 Å². The van der Waals surface area contributed by atoms with Crippen molar-refractivity contribution in [3.63, 3.8) is 0 Å². The van der Waals surface area contributed by atoms with Crippen molar-refractivity contribution in [2.24, 2.45) is 0 Å². The van der Waals surface area contributed by atoms with Crippen molar-refractivity contribution in [3.8, 4) is 0 Å². The van der Waals surface area contributed by atoms with E-state index in [1.54, 1.807) is 15.7 Å². The molecular weight excluding hydrogens is 373 g/mol. The van der Waals surface area contributed by atoms with Crippen LogP contribution in [0.3, 0.4) is 0 Å². The number of hydrazine groups is 1. The first kappa shape index (κ1) is 17.1. The lowest BCUT2D eigenvalue weighted by molar-refractivity contribution is 0.557. The summed E-state index contributed by atoms with van der Waals surface area (Å²) in [6, 6.07) is 8.33. The number of hydrogen-bond donors (Lipinski definition) is 2. The molecular formula is C11H9Cl2N3O4S2. The first-order chi connectivity index (χ1) is 10.2. The van der Waals surface area contributed by atoms with Gasteiger partial charge in [0.05, 0.1) is 9.92 Å². The van der Waals surface area contributed by atoms with Gasteiger partial charge in [0.25, 0.3) is 20.0 Å². The molecule has 0 spiro atoms.